The molecule has 2 aliphatic heterocycles. The predicted molar refractivity (Wildman–Crippen MR) is 56.5 cm³/mol. The zero-order valence-corrected chi connectivity index (χ0v) is 8.83. The van der Waals surface area contributed by atoms with Crippen molar-refractivity contribution in [2.24, 2.45) is 0 Å². The van der Waals surface area contributed by atoms with E-state index in [4.69, 9.17) is 14.2 Å². The number of aliphatic hydroxyl groups is 1. The fourth-order valence-corrected chi connectivity index (χ4v) is 1.84. The van der Waals surface area contributed by atoms with Gasteiger partial charge in [-0.25, -0.2) is 0 Å². The summed E-state index contributed by atoms with van der Waals surface area (Å²) in [5, 5.41) is 9.33. The van der Waals surface area contributed by atoms with E-state index in [9.17, 15) is 9.90 Å². The van der Waals surface area contributed by atoms with Crippen molar-refractivity contribution in [1.82, 2.24) is 0 Å². The first-order valence-electron chi connectivity index (χ1n) is 5.19. The van der Waals surface area contributed by atoms with E-state index in [2.05, 4.69) is 0 Å². The van der Waals surface area contributed by atoms with Gasteiger partial charge in [0.15, 0.2) is 23.6 Å². The molecule has 5 nitrogen and oxygen atoms in total. The van der Waals surface area contributed by atoms with Gasteiger partial charge in [0, 0.05) is 0 Å². The highest BCUT2D eigenvalue weighted by Crippen LogP contribution is 2.36. The maximum absolute atomic E-state index is 11.6. The molecule has 0 saturated heterocycles. The van der Waals surface area contributed by atoms with Crippen molar-refractivity contribution < 1.29 is 24.1 Å². The number of carbonyl (C=O) groups excluding carboxylic acids is 1. The molecular weight excluding hydrogens is 224 g/mol. The summed E-state index contributed by atoms with van der Waals surface area (Å²) < 4.78 is 15.6. The van der Waals surface area contributed by atoms with Gasteiger partial charge >= 0.3 is 0 Å². The Hall–Kier alpha value is -1.85. The highest BCUT2D eigenvalue weighted by atomic mass is 16.7. The molecule has 5 heteroatoms. The van der Waals surface area contributed by atoms with Crippen LogP contribution in [0.5, 0.6) is 11.5 Å². The van der Waals surface area contributed by atoms with Crippen LogP contribution < -0.4 is 9.47 Å². The van der Waals surface area contributed by atoms with Gasteiger partial charge in [0.25, 0.3) is 0 Å². The fourth-order valence-electron chi connectivity index (χ4n) is 1.84. The lowest BCUT2D eigenvalue weighted by Gasteiger charge is -2.21. The van der Waals surface area contributed by atoms with Crippen LogP contribution in [0.25, 0.3) is 0 Å². The van der Waals surface area contributed by atoms with Crippen LogP contribution in [0.15, 0.2) is 30.4 Å². The van der Waals surface area contributed by atoms with E-state index >= 15 is 0 Å². The number of ether oxygens (including phenoxy) is 3. The van der Waals surface area contributed by atoms with Crippen LogP contribution in [-0.2, 0) is 9.53 Å². The van der Waals surface area contributed by atoms with Crippen molar-refractivity contribution in [2.45, 2.75) is 12.4 Å². The highest BCUT2D eigenvalue weighted by Gasteiger charge is 2.27. The molecule has 2 aliphatic rings. The number of hydrogen-bond donors (Lipinski definition) is 1. The first kappa shape index (κ1) is 10.3. The Bertz CT molecular complexity index is 494. The summed E-state index contributed by atoms with van der Waals surface area (Å²) in [6.07, 6.45) is 0.794. The molecule has 88 valence electrons. The Labute approximate surface area is 97.2 Å². The molecule has 0 fully saturated rings. The molecule has 0 aliphatic carbocycles. The van der Waals surface area contributed by atoms with Gasteiger partial charge in [-0.2, -0.15) is 0 Å². The molecule has 0 radical (unpaired) electrons. The van der Waals surface area contributed by atoms with E-state index in [1.807, 2.05) is 0 Å². The molecule has 0 amide bonds. The molecule has 2 unspecified atom stereocenters. The summed E-state index contributed by atoms with van der Waals surface area (Å²) in [6.45, 7) is 0.181. The predicted octanol–water partition coefficient (Wildman–Crippen LogP) is 0.930. The van der Waals surface area contributed by atoms with Gasteiger partial charge in [-0.1, -0.05) is 6.07 Å². The van der Waals surface area contributed by atoms with Crippen molar-refractivity contribution in [3.05, 3.63) is 35.9 Å². The van der Waals surface area contributed by atoms with Gasteiger partial charge in [-0.3, -0.25) is 4.79 Å². The molecule has 2 heterocycles. The highest BCUT2D eigenvalue weighted by molar-refractivity contribution is 5.95. The topological polar surface area (TPSA) is 65.0 Å². The minimum Gasteiger partial charge on any atom is -0.454 e. The van der Waals surface area contributed by atoms with E-state index in [1.165, 1.54) is 12.2 Å². The summed E-state index contributed by atoms with van der Waals surface area (Å²) in [7, 11) is 0. The second-order valence-corrected chi connectivity index (χ2v) is 3.78. The standard InChI is InChI=1S/C12H10O5/c13-8-2-4-11(14)17-12(8)7-1-3-9-10(5-7)16-6-15-9/h1-5,11-12,14H,6H2. The second-order valence-electron chi connectivity index (χ2n) is 3.78. The van der Waals surface area contributed by atoms with Crippen LogP contribution in [0.4, 0.5) is 0 Å². The molecule has 0 saturated carbocycles. The largest absolute Gasteiger partial charge is 0.454 e. The number of ketones is 1. The normalized spacial score (nSPS) is 26.3. The third-order valence-electron chi connectivity index (χ3n) is 2.66. The summed E-state index contributed by atoms with van der Waals surface area (Å²) in [4.78, 5) is 11.6. The zero-order chi connectivity index (χ0) is 11.8. The maximum Gasteiger partial charge on any atom is 0.231 e. The molecule has 2 atom stereocenters. The fraction of sp³-hybridized carbons (Fsp3) is 0.250. The minimum atomic E-state index is -1.05. The molecule has 0 aromatic heterocycles. The van der Waals surface area contributed by atoms with Crippen molar-refractivity contribution >= 4 is 5.78 Å². The van der Waals surface area contributed by atoms with Crippen LogP contribution in [0.2, 0.25) is 0 Å². The van der Waals surface area contributed by atoms with Crippen LogP contribution in [0, 0.1) is 0 Å². The van der Waals surface area contributed by atoms with Gasteiger partial charge < -0.3 is 19.3 Å². The van der Waals surface area contributed by atoms with E-state index in [1.54, 1.807) is 18.2 Å². The maximum atomic E-state index is 11.6. The summed E-state index contributed by atoms with van der Waals surface area (Å²) in [5.74, 6) is 1.03. The first-order valence-corrected chi connectivity index (χ1v) is 5.19. The van der Waals surface area contributed by atoms with Crippen molar-refractivity contribution in [2.75, 3.05) is 6.79 Å². The summed E-state index contributed by atoms with van der Waals surface area (Å²) in [5.41, 5.74) is 0.641. The van der Waals surface area contributed by atoms with Crippen LogP contribution in [-0.4, -0.2) is 24.0 Å². The van der Waals surface area contributed by atoms with Crippen molar-refractivity contribution in [3.63, 3.8) is 0 Å². The Morgan fingerprint density at radius 1 is 1.24 bits per heavy atom. The molecule has 1 aromatic rings. The molecule has 17 heavy (non-hydrogen) atoms. The number of rotatable bonds is 1. The molecule has 0 spiro atoms. The Morgan fingerprint density at radius 3 is 2.94 bits per heavy atom. The number of hydrogen-bond acceptors (Lipinski definition) is 5. The van der Waals surface area contributed by atoms with E-state index in [0.717, 1.165) is 0 Å². The molecule has 1 N–H and O–H groups in total. The van der Waals surface area contributed by atoms with E-state index < -0.39 is 12.4 Å². The molecule has 1 aromatic carbocycles. The van der Waals surface area contributed by atoms with Crippen molar-refractivity contribution in [1.29, 1.82) is 0 Å². The smallest absolute Gasteiger partial charge is 0.231 e. The van der Waals surface area contributed by atoms with Crippen molar-refractivity contribution in [3.8, 4) is 11.5 Å². The third kappa shape index (κ3) is 1.79. The van der Waals surface area contributed by atoms with Gasteiger partial charge in [0.05, 0.1) is 0 Å². The van der Waals surface area contributed by atoms with E-state index in [-0.39, 0.29) is 12.6 Å². The SMILES string of the molecule is O=C1C=CC(O)OC1c1ccc2c(c1)OCO2. The lowest BCUT2D eigenvalue weighted by Crippen LogP contribution is -2.24. The summed E-state index contributed by atoms with van der Waals surface area (Å²) >= 11 is 0. The average Bonchev–Trinajstić information content (AvgIpc) is 2.79. The number of carbonyl (C=O) groups is 1. The Morgan fingerprint density at radius 2 is 2.06 bits per heavy atom. The molecule has 0 bridgehead atoms. The Kier molecular flexibility index (Phi) is 2.35. The lowest BCUT2D eigenvalue weighted by molar-refractivity contribution is -0.149. The van der Waals surface area contributed by atoms with Crippen LogP contribution in [0.1, 0.15) is 11.7 Å². The van der Waals surface area contributed by atoms with Gasteiger partial charge in [-0.05, 0) is 29.8 Å². The summed E-state index contributed by atoms with van der Waals surface area (Å²) in [6, 6.07) is 5.14. The quantitative estimate of drug-likeness (QED) is 0.783. The lowest BCUT2D eigenvalue weighted by atomic mass is 10.0. The van der Waals surface area contributed by atoms with Gasteiger partial charge in [0.1, 0.15) is 6.10 Å². The zero-order valence-electron chi connectivity index (χ0n) is 8.83. The first-order chi connectivity index (χ1) is 8.24. The van der Waals surface area contributed by atoms with Gasteiger partial charge in [-0.15, -0.1) is 0 Å². The van der Waals surface area contributed by atoms with Crippen LogP contribution in [0.3, 0.4) is 0 Å². The molecule has 3 rings (SSSR count). The van der Waals surface area contributed by atoms with E-state index in [0.29, 0.717) is 17.1 Å². The number of aliphatic hydroxyl groups excluding tert-OH is 1. The second kappa shape index (κ2) is 3.87. The minimum absolute atomic E-state index is 0.181. The number of fused-ring (bicyclic) bond motifs is 1. The van der Waals surface area contributed by atoms with Crippen LogP contribution >= 0.6 is 0 Å². The Balaban J connectivity index is 1.94. The average molecular weight is 234 g/mol. The number of benzene rings is 1. The third-order valence-corrected chi connectivity index (χ3v) is 2.66. The molecular formula is C12H10O5. The monoisotopic (exact) mass is 234 g/mol. The van der Waals surface area contributed by atoms with Gasteiger partial charge in [0.2, 0.25) is 6.79 Å².